The lowest BCUT2D eigenvalue weighted by Gasteiger charge is -2.12. The van der Waals surface area contributed by atoms with E-state index in [1.807, 2.05) is 43.3 Å². The van der Waals surface area contributed by atoms with E-state index in [9.17, 15) is 4.79 Å². The average Bonchev–Trinajstić information content (AvgIpc) is 3.23. The van der Waals surface area contributed by atoms with E-state index < -0.39 is 6.10 Å². The van der Waals surface area contributed by atoms with Gasteiger partial charge in [-0.25, -0.2) is 0 Å². The number of anilines is 1. The summed E-state index contributed by atoms with van der Waals surface area (Å²) in [5, 5.41) is 10.7. The fourth-order valence-electron chi connectivity index (χ4n) is 2.95. The first-order chi connectivity index (χ1) is 12.1. The van der Waals surface area contributed by atoms with E-state index in [-0.39, 0.29) is 5.91 Å². The Bertz CT molecular complexity index is 903. The number of nitrogens with zero attached hydrogens (tertiary/aromatic N) is 3. The van der Waals surface area contributed by atoms with Crippen molar-refractivity contribution >= 4 is 11.9 Å². The molecule has 0 saturated carbocycles. The minimum absolute atomic E-state index is 0.225. The SMILES string of the molecule is Cc1cc2c(cc1C)OC(C(=O)Nc1nncn1-c1ccccc1)C2. The van der Waals surface area contributed by atoms with Gasteiger partial charge in [0.1, 0.15) is 12.1 Å². The van der Waals surface area contributed by atoms with Gasteiger partial charge < -0.3 is 4.74 Å². The molecule has 2 heterocycles. The molecule has 1 aliphatic heterocycles. The van der Waals surface area contributed by atoms with Crippen LogP contribution >= 0.6 is 0 Å². The zero-order chi connectivity index (χ0) is 17.4. The fourth-order valence-corrected chi connectivity index (χ4v) is 2.95. The zero-order valence-electron chi connectivity index (χ0n) is 14.1. The van der Waals surface area contributed by atoms with Crippen LogP contribution in [0.1, 0.15) is 16.7 Å². The molecule has 1 unspecified atom stereocenters. The Morgan fingerprint density at radius 1 is 1.20 bits per heavy atom. The summed E-state index contributed by atoms with van der Waals surface area (Å²) in [4.78, 5) is 12.6. The highest BCUT2D eigenvalue weighted by Gasteiger charge is 2.30. The van der Waals surface area contributed by atoms with Crippen molar-refractivity contribution in [2.75, 3.05) is 5.32 Å². The highest BCUT2D eigenvalue weighted by molar-refractivity contribution is 5.94. The number of ether oxygens (including phenoxy) is 1. The van der Waals surface area contributed by atoms with Gasteiger partial charge in [0, 0.05) is 6.42 Å². The Hall–Kier alpha value is -3.15. The number of aryl methyl sites for hydroxylation is 2. The van der Waals surface area contributed by atoms with Gasteiger partial charge in [-0.3, -0.25) is 14.7 Å². The maximum atomic E-state index is 12.6. The van der Waals surface area contributed by atoms with Gasteiger partial charge in [0.25, 0.3) is 5.91 Å². The summed E-state index contributed by atoms with van der Waals surface area (Å²) in [7, 11) is 0. The summed E-state index contributed by atoms with van der Waals surface area (Å²) < 4.78 is 7.56. The second-order valence-electron chi connectivity index (χ2n) is 6.20. The lowest BCUT2D eigenvalue weighted by molar-refractivity contribution is -0.122. The van der Waals surface area contributed by atoms with E-state index in [2.05, 4.69) is 28.5 Å². The molecule has 3 aromatic rings. The number of aromatic nitrogens is 3. The van der Waals surface area contributed by atoms with Crippen molar-refractivity contribution < 1.29 is 9.53 Å². The summed E-state index contributed by atoms with van der Waals surface area (Å²) in [6.07, 6.45) is 1.57. The topological polar surface area (TPSA) is 69.0 Å². The monoisotopic (exact) mass is 334 g/mol. The summed E-state index contributed by atoms with van der Waals surface area (Å²) >= 11 is 0. The Morgan fingerprint density at radius 2 is 1.96 bits per heavy atom. The number of carbonyl (C=O) groups is 1. The highest BCUT2D eigenvalue weighted by atomic mass is 16.5. The highest BCUT2D eigenvalue weighted by Crippen LogP contribution is 2.31. The number of fused-ring (bicyclic) bond motifs is 1. The first-order valence-electron chi connectivity index (χ1n) is 8.15. The van der Waals surface area contributed by atoms with Gasteiger partial charge in [0.15, 0.2) is 6.10 Å². The first-order valence-corrected chi connectivity index (χ1v) is 8.15. The lowest BCUT2D eigenvalue weighted by Crippen LogP contribution is -2.32. The number of amides is 1. The van der Waals surface area contributed by atoms with Gasteiger partial charge in [-0.1, -0.05) is 24.3 Å². The lowest BCUT2D eigenvalue weighted by atomic mass is 10.0. The molecule has 1 amide bonds. The molecular weight excluding hydrogens is 316 g/mol. The smallest absolute Gasteiger partial charge is 0.268 e. The van der Waals surface area contributed by atoms with E-state index in [0.29, 0.717) is 12.4 Å². The molecule has 2 aromatic carbocycles. The minimum Gasteiger partial charge on any atom is -0.480 e. The van der Waals surface area contributed by atoms with E-state index in [1.54, 1.807) is 10.9 Å². The van der Waals surface area contributed by atoms with Crippen molar-refractivity contribution in [1.29, 1.82) is 0 Å². The van der Waals surface area contributed by atoms with E-state index >= 15 is 0 Å². The third-order valence-electron chi connectivity index (χ3n) is 4.46. The number of nitrogens with one attached hydrogen (secondary N) is 1. The predicted molar refractivity (Wildman–Crippen MR) is 94.0 cm³/mol. The van der Waals surface area contributed by atoms with Crippen LogP contribution in [0.15, 0.2) is 48.8 Å². The van der Waals surface area contributed by atoms with Crippen LogP contribution in [0.4, 0.5) is 5.95 Å². The van der Waals surface area contributed by atoms with E-state index in [4.69, 9.17) is 4.74 Å². The molecule has 126 valence electrons. The molecule has 0 saturated heterocycles. The van der Waals surface area contributed by atoms with Crippen LogP contribution in [-0.2, 0) is 11.2 Å². The molecule has 1 aliphatic rings. The van der Waals surface area contributed by atoms with Crippen molar-refractivity contribution in [3.63, 3.8) is 0 Å². The normalized spacial score (nSPS) is 15.5. The van der Waals surface area contributed by atoms with Crippen molar-refractivity contribution in [2.24, 2.45) is 0 Å². The van der Waals surface area contributed by atoms with Gasteiger partial charge in [-0.05, 0) is 48.7 Å². The third-order valence-corrected chi connectivity index (χ3v) is 4.46. The molecule has 0 aliphatic carbocycles. The van der Waals surface area contributed by atoms with Crippen LogP contribution in [0.25, 0.3) is 5.69 Å². The zero-order valence-corrected chi connectivity index (χ0v) is 14.1. The Labute approximate surface area is 145 Å². The molecule has 0 fully saturated rings. The molecule has 0 radical (unpaired) electrons. The van der Waals surface area contributed by atoms with Crippen LogP contribution in [-0.4, -0.2) is 26.8 Å². The fraction of sp³-hybridized carbons (Fsp3) is 0.211. The van der Waals surface area contributed by atoms with Gasteiger partial charge in [0.2, 0.25) is 5.95 Å². The van der Waals surface area contributed by atoms with Crippen LogP contribution in [0, 0.1) is 13.8 Å². The summed E-state index contributed by atoms with van der Waals surface area (Å²) in [5.74, 6) is 0.938. The van der Waals surface area contributed by atoms with Crippen molar-refractivity contribution in [2.45, 2.75) is 26.4 Å². The standard InChI is InChI=1S/C19H18N4O2/c1-12-8-14-10-17(25-16(14)9-13(12)2)18(24)21-19-22-20-11-23(19)15-6-4-3-5-7-15/h3-9,11,17H,10H2,1-2H3,(H,21,22,24). The second kappa shape index (κ2) is 6.05. The maximum absolute atomic E-state index is 12.6. The molecule has 6 heteroatoms. The van der Waals surface area contributed by atoms with Gasteiger partial charge in [-0.15, -0.1) is 10.2 Å². The predicted octanol–water partition coefficient (Wildman–Crippen LogP) is 2.83. The first kappa shape index (κ1) is 15.4. The number of rotatable bonds is 3. The maximum Gasteiger partial charge on any atom is 0.268 e. The summed E-state index contributed by atoms with van der Waals surface area (Å²) in [5.41, 5.74) is 4.30. The number of carbonyl (C=O) groups excluding carboxylic acids is 1. The summed E-state index contributed by atoms with van der Waals surface area (Å²) in [6.45, 7) is 4.10. The Morgan fingerprint density at radius 3 is 2.76 bits per heavy atom. The quantitative estimate of drug-likeness (QED) is 0.800. The number of para-hydroxylation sites is 1. The third kappa shape index (κ3) is 2.87. The largest absolute Gasteiger partial charge is 0.480 e. The summed E-state index contributed by atoms with van der Waals surface area (Å²) in [6, 6.07) is 13.7. The Balaban J connectivity index is 1.52. The molecule has 1 atom stereocenters. The Kier molecular flexibility index (Phi) is 3.72. The average molecular weight is 334 g/mol. The molecule has 6 nitrogen and oxygen atoms in total. The molecular formula is C19H18N4O2. The van der Waals surface area contributed by atoms with Crippen molar-refractivity contribution in [3.8, 4) is 11.4 Å². The van der Waals surface area contributed by atoms with Gasteiger partial charge in [0.05, 0.1) is 5.69 Å². The van der Waals surface area contributed by atoms with E-state index in [0.717, 1.165) is 22.6 Å². The molecule has 1 N–H and O–H groups in total. The molecule has 25 heavy (non-hydrogen) atoms. The molecule has 0 spiro atoms. The molecule has 1 aromatic heterocycles. The molecule has 0 bridgehead atoms. The second-order valence-corrected chi connectivity index (χ2v) is 6.20. The van der Waals surface area contributed by atoms with Gasteiger partial charge >= 0.3 is 0 Å². The van der Waals surface area contributed by atoms with Crippen LogP contribution in [0.3, 0.4) is 0 Å². The number of hydrogen-bond acceptors (Lipinski definition) is 4. The van der Waals surface area contributed by atoms with Crippen LogP contribution in [0.2, 0.25) is 0 Å². The van der Waals surface area contributed by atoms with Crippen molar-refractivity contribution in [1.82, 2.24) is 14.8 Å². The number of hydrogen-bond donors (Lipinski definition) is 1. The minimum atomic E-state index is -0.558. The molecule has 4 rings (SSSR count). The van der Waals surface area contributed by atoms with Crippen molar-refractivity contribution in [3.05, 3.63) is 65.5 Å². The van der Waals surface area contributed by atoms with Crippen LogP contribution in [0.5, 0.6) is 5.75 Å². The number of benzene rings is 2. The van der Waals surface area contributed by atoms with Crippen LogP contribution < -0.4 is 10.1 Å². The van der Waals surface area contributed by atoms with Gasteiger partial charge in [-0.2, -0.15) is 0 Å². The van der Waals surface area contributed by atoms with E-state index in [1.165, 1.54) is 5.56 Å².